The lowest BCUT2D eigenvalue weighted by Gasteiger charge is -2.38. The van der Waals surface area contributed by atoms with Crippen LogP contribution >= 0.6 is 0 Å². The van der Waals surface area contributed by atoms with E-state index in [-0.39, 0.29) is 18.9 Å². The summed E-state index contributed by atoms with van der Waals surface area (Å²) in [6, 6.07) is 9.48. The molecule has 1 N–H and O–H groups in total. The van der Waals surface area contributed by atoms with Crippen LogP contribution in [0.25, 0.3) is 0 Å². The minimum Gasteiger partial charge on any atom is -0.387 e. The molecule has 0 aliphatic heterocycles. The lowest BCUT2D eigenvalue weighted by Crippen LogP contribution is -2.48. The van der Waals surface area contributed by atoms with Crippen molar-refractivity contribution in [1.82, 2.24) is 0 Å². The van der Waals surface area contributed by atoms with Crippen molar-refractivity contribution in [3.05, 3.63) is 35.9 Å². The first kappa shape index (κ1) is 14.4. The Morgan fingerprint density at radius 1 is 1.26 bits per heavy atom. The first-order valence-corrected chi connectivity index (χ1v) is 6.67. The molecule has 1 fully saturated rings. The van der Waals surface area contributed by atoms with Gasteiger partial charge in [-0.05, 0) is 24.3 Å². The number of aliphatic hydroxyl groups excluding tert-OH is 1. The minimum atomic E-state index is -3.04. The fourth-order valence-corrected chi connectivity index (χ4v) is 2.62. The molecule has 0 unspecified atom stereocenters. The SMILES string of the molecule is C[C@H]1C[C@@H](COCc2ccccc2)C(F)(F)[C@@H](O)C1. The van der Waals surface area contributed by atoms with Gasteiger partial charge < -0.3 is 9.84 Å². The quantitative estimate of drug-likeness (QED) is 0.910. The number of halogens is 2. The smallest absolute Gasteiger partial charge is 0.278 e. The van der Waals surface area contributed by atoms with E-state index in [0.717, 1.165) is 5.56 Å². The number of hydrogen-bond acceptors (Lipinski definition) is 2. The number of ether oxygens (including phenoxy) is 1. The van der Waals surface area contributed by atoms with Crippen LogP contribution in [0.5, 0.6) is 0 Å². The van der Waals surface area contributed by atoms with E-state index in [1.807, 2.05) is 37.3 Å². The Hall–Kier alpha value is -1.00. The van der Waals surface area contributed by atoms with Crippen molar-refractivity contribution in [3.63, 3.8) is 0 Å². The second-order valence-electron chi connectivity index (χ2n) is 5.46. The van der Waals surface area contributed by atoms with E-state index in [4.69, 9.17) is 4.74 Å². The summed E-state index contributed by atoms with van der Waals surface area (Å²) in [6.07, 6.45) is -0.970. The normalized spacial score (nSPS) is 30.2. The molecule has 0 aromatic heterocycles. The van der Waals surface area contributed by atoms with E-state index in [1.165, 1.54) is 0 Å². The molecule has 0 radical (unpaired) electrons. The van der Waals surface area contributed by atoms with Gasteiger partial charge in [-0.25, -0.2) is 8.78 Å². The first-order chi connectivity index (χ1) is 9.00. The summed E-state index contributed by atoms with van der Waals surface area (Å²) in [4.78, 5) is 0. The van der Waals surface area contributed by atoms with Gasteiger partial charge in [0.1, 0.15) is 6.10 Å². The monoisotopic (exact) mass is 270 g/mol. The van der Waals surface area contributed by atoms with Crippen molar-refractivity contribution >= 4 is 0 Å². The van der Waals surface area contributed by atoms with Gasteiger partial charge in [0.25, 0.3) is 5.92 Å². The highest BCUT2D eigenvalue weighted by Gasteiger charge is 2.50. The van der Waals surface area contributed by atoms with Gasteiger partial charge in [-0.2, -0.15) is 0 Å². The van der Waals surface area contributed by atoms with Crippen molar-refractivity contribution < 1.29 is 18.6 Å². The zero-order valence-corrected chi connectivity index (χ0v) is 11.1. The summed E-state index contributed by atoms with van der Waals surface area (Å²) >= 11 is 0. The van der Waals surface area contributed by atoms with Gasteiger partial charge in [0.2, 0.25) is 0 Å². The van der Waals surface area contributed by atoms with Crippen LogP contribution in [-0.2, 0) is 11.3 Å². The number of rotatable bonds is 4. The van der Waals surface area contributed by atoms with E-state index in [2.05, 4.69) is 0 Å². The molecule has 0 bridgehead atoms. The Labute approximate surface area is 112 Å². The zero-order valence-electron chi connectivity index (χ0n) is 11.1. The van der Waals surface area contributed by atoms with Gasteiger partial charge in [-0.1, -0.05) is 37.3 Å². The van der Waals surface area contributed by atoms with Crippen molar-refractivity contribution in [3.8, 4) is 0 Å². The summed E-state index contributed by atoms with van der Waals surface area (Å²) in [5.74, 6) is -3.82. The van der Waals surface area contributed by atoms with Crippen LogP contribution < -0.4 is 0 Å². The van der Waals surface area contributed by atoms with Crippen LogP contribution in [0.15, 0.2) is 30.3 Å². The zero-order chi connectivity index (χ0) is 13.9. The molecule has 0 amide bonds. The Balaban J connectivity index is 1.87. The molecule has 1 saturated carbocycles. The molecule has 2 rings (SSSR count). The molecule has 106 valence electrons. The molecule has 2 nitrogen and oxygen atoms in total. The highest BCUT2D eigenvalue weighted by atomic mass is 19.3. The maximum atomic E-state index is 13.8. The highest BCUT2D eigenvalue weighted by molar-refractivity contribution is 5.13. The summed E-state index contributed by atoms with van der Waals surface area (Å²) in [6.45, 7) is 2.21. The summed E-state index contributed by atoms with van der Waals surface area (Å²) in [5, 5.41) is 9.49. The molecule has 0 spiro atoms. The Kier molecular flexibility index (Phi) is 4.53. The van der Waals surface area contributed by atoms with Gasteiger partial charge in [-0.3, -0.25) is 0 Å². The molecule has 1 aromatic rings. The van der Waals surface area contributed by atoms with E-state index >= 15 is 0 Å². The number of aliphatic hydroxyl groups is 1. The van der Waals surface area contributed by atoms with Crippen molar-refractivity contribution in [1.29, 1.82) is 0 Å². The van der Waals surface area contributed by atoms with Crippen LogP contribution in [0.3, 0.4) is 0 Å². The molecule has 1 aliphatic rings. The highest BCUT2D eigenvalue weighted by Crippen LogP contribution is 2.41. The first-order valence-electron chi connectivity index (χ1n) is 6.67. The second-order valence-corrected chi connectivity index (χ2v) is 5.46. The predicted molar refractivity (Wildman–Crippen MR) is 68.9 cm³/mol. The third-order valence-corrected chi connectivity index (χ3v) is 3.73. The van der Waals surface area contributed by atoms with Gasteiger partial charge >= 0.3 is 0 Å². The third-order valence-electron chi connectivity index (χ3n) is 3.73. The lowest BCUT2D eigenvalue weighted by atomic mass is 9.78. The fraction of sp³-hybridized carbons (Fsp3) is 0.600. The van der Waals surface area contributed by atoms with Gasteiger partial charge in [0.15, 0.2) is 0 Å². The largest absolute Gasteiger partial charge is 0.387 e. The van der Waals surface area contributed by atoms with Crippen LogP contribution in [0.2, 0.25) is 0 Å². The summed E-state index contributed by atoms with van der Waals surface area (Å²) < 4.78 is 33.1. The number of alkyl halides is 2. The molecule has 1 aliphatic carbocycles. The number of hydrogen-bond donors (Lipinski definition) is 1. The molecule has 3 atom stereocenters. The third kappa shape index (κ3) is 3.51. The van der Waals surface area contributed by atoms with E-state index in [1.54, 1.807) is 0 Å². The molecular formula is C15H20F2O2. The van der Waals surface area contributed by atoms with Crippen molar-refractivity contribution in [2.75, 3.05) is 6.61 Å². The summed E-state index contributed by atoms with van der Waals surface area (Å²) in [5.41, 5.74) is 0.968. The van der Waals surface area contributed by atoms with Gasteiger partial charge in [0.05, 0.1) is 13.2 Å². The average Bonchev–Trinajstić information content (AvgIpc) is 2.37. The van der Waals surface area contributed by atoms with Crippen LogP contribution in [0.4, 0.5) is 8.78 Å². The Bertz CT molecular complexity index is 394. The molecule has 19 heavy (non-hydrogen) atoms. The van der Waals surface area contributed by atoms with Crippen LogP contribution in [0.1, 0.15) is 25.3 Å². The van der Waals surface area contributed by atoms with E-state index in [9.17, 15) is 13.9 Å². The maximum Gasteiger partial charge on any atom is 0.278 e. The number of benzene rings is 1. The van der Waals surface area contributed by atoms with Crippen molar-refractivity contribution in [2.45, 2.75) is 38.4 Å². The van der Waals surface area contributed by atoms with Gasteiger partial charge in [-0.15, -0.1) is 0 Å². The fourth-order valence-electron chi connectivity index (χ4n) is 2.62. The minimum absolute atomic E-state index is 0.0106. The molecule has 1 aromatic carbocycles. The molecule has 4 heteroatoms. The summed E-state index contributed by atoms with van der Waals surface area (Å²) in [7, 11) is 0. The average molecular weight is 270 g/mol. The second kappa shape index (κ2) is 5.97. The maximum absolute atomic E-state index is 13.8. The predicted octanol–water partition coefficient (Wildman–Crippen LogP) is 3.25. The van der Waals surface area contributed by atoms with Crippen LogP contribution in [0, 0.1) is 11.8 Å². The molecular weight excluding hydrogens is 250 g/mol. The lowest BCUT2D eigenvalue weighted by molar-refractivity contribution is -0.191. The van der Waals surface area contributed by atoms with Crippen molar-refractivity contribution in [2.24, 2.45) is 11.8 Å². The van der Waals surface area contributed by atoms with E-state index in [0.29, 0.717) is 13.0 Å². The molecule has 0 saturated heterocycles. The Morgan fingerprint density at radius 3 is 2.63 bits per heavy atom. The standard InChI is InChI=1S/C15H20F2O2/c1-11-7-13(15(16,17)14(18)8-11)10-19-9-12-5-3-2-4-6-12/h2-6,11,13-14,18H,7-10H2,1H3/t11-,13-,14-/m0/s1. The van der Waals surface area contributed by atoms with Crippen LogP contribution in [-0.4, -0.2) is 23.7 Å². The Morgan fingerprint density at radius 2 is 1.95 bits per heavy atom. The van der Waals surface area contributed by atoms with Gasteiger partial charge in [0, 0.05) is 5.92 Å². The topological polar surface area (TPSA) is 29.5 Å². The molecule has 0 heterocycles. The van der Waals surface area contributed by atoms with E-state index < -0.39 is 17.9 Å².